The van der Waals surface area contributed by atoms with Crippen molar-refractivity contribution in [3.63, 3.8) is 0 Å². The van der Waals surface area contributed by atoms with Gasteiger partial charge in [-0.2, -0.15) is 0 Å². The number of halogens is 1. The third-order valence-electron chi connectivity index (χ3n) is 4.77. The molecule has 3 heterocycles. The molecular weight excluding hydrogens is 345 g/mol. The molecule has 3 aromatic rings. The van der Waals surface area contributed by atoms with E-state index in [1.807, 2.05) is 25.6 Å². The molecule has 0 atom stereocenters. The van der Waals surface area contributed by atoms with Crippen molar-refractivity contribution in [1.82, 2.24) is 24.4 Å². The van der Waals surface area contributed by atoms with Gasteiger partial charge >= 0.3 is 0 Å². The van der Waals surface area contributed by atoms with Crippen LogP contribution in [0.3, 0.4) is 0 Å². The first-order valence-corrected chi connectivity index (χ1v) is 9.11. The molecule has 1 aromatic carbocycles. The maximum Gasteiger partial charge on any atom is 0.125 e. The van der Waals surface area contributed by atoms with Gasteiger partial charge in [0.1, 0.15) is 11.6 Å². The van der Waals surface area contributed by atoms with Crippen LogP contribution in [0.1, 0.15) is 5.82 Å². The summed E-state index contributed by atoms with van der Waals surface area (Å²) in [6, 6.07) is 6.42. The van der Waals surface area contributed by atoms with Crippen LogP contribution in [-0.4, -0.2) is 57.3 Å². The number of imidazole rings is 1. The number of aryl methyl sites for hydroxylation is 1. The molecule has 27 heavy (non-hydrogen) atoms. The Hall–Kier alpha value is -2.64. The summed E-state index contributed by atoms with van der Waals surface area (Å²) >= 11 is 0. The number of hydrogen-bond donors (Lipinski definition) is 0. The number of rotatable bonds is 5. The zero-order valence-corrected chi connectivity index (χ0v) is 15.3. The second-order valence-electron chi connectivity index (χ2n) is 6.62. The topological polar surface area (TPSA) is 56.1 Å². The highest BCUT2D eigenvalue weighted by atomic mass is 19.1. The lowest BCUT2D eigenvalue weighted by Gasteiger charge is -2.26. The van der Waals surface area contributed by atoms with Crippen molar-refractivity contribution in [2.45, 2.75) is 13.5 Å². The normalized spacial score (nSPS) is 15.2. The first kappa shape index (κ1) is 17.8. The van der Waals surface area contributed by atoms with E-state index in [0.717, 1.165) is 67.7 Å². The predicted octanol–water partition coefficient (Wildman–Crippen LogP) is 2.79. The van der Waals surface area contributed by atoms with E-state index >= 15 is 0 Å². The summed E-state index contributed by atoms with van der Waals surface area (Å²) < 4.78 is 20.9. The van der Waals surface area contributed by atoms with Gasteiger partial charge in [-0.25, -0.2) is 19.3 Å². The highest BCUT2D eigenvalue weighted by molar-refractivity contribution is 5.77. The highest BCUT2D eigenvalue weighted by Crippen LogP contribution is 2.30. The Morgan fingerprint density at radius 1 is 0.963 bits per heavy atom. The van der Waals surface area contributed by atoms with Crippen LogP contribution in [0.2, 0.25) is 0 Å². The smallest absolute Gasteiger partial charge is 0.125 e. The molecule has 140 valence electrons. The SMILES string of the molecule is Cc1ncc(-c2c(-c3ccc(F)cc3)ncn2CCN2CCOCC2)cn1. The fourth-order valence-electron chi connectivity index (χ4n) is 3.26. The average Bonchev–Trinajstić information content (AvgIpc) is 3.12. The largest absolute Gasteiger partial charge is 0.379 e. The van der Waals surface area contributed by atoms with E-state index in [0.29, 0.717) is 0 Å². The van der Waals surface area contributed by atoms with Crippen LogP contribution >= 0.6 is 0 Å². The molecule has 1 saturated heterocycles. The maximum atomic E-state index is 13.3. The summed E-state index contributed by atoms with van der Waals surface area (Å²) in [7, 11) is 0. The van der Waals surface area contributed by atoms with Crippen LogP contribution in [0.15, 0.2) is 43.0 Å². The first-order valence-electron chi connectivity index (χ1n) is 9.11. The fourth-order valence-corrected chi connectivity index (χ4v) is 3.26. The van der Waals surface area contributed by atoms with Gasteiger partial charge in [0.05, 0.1) is 30.9 Å². The van der Waals surface area contributed by atoms with Crippen LogP contribution in [0, 0.1) is 12.7 Å². The Morgan fingerprint density at radius 3 is 2.37 bits per heavy atom. The van der Waals surface area contributed by atoms with Crippen molar-refractivity contribution in [3.05, 3.63) is 54.6 Å². The van der Waals surface area contributed by atoms with E-state index in [2.05, 4.69) is 24.4 Å². The Labute approximate surface area is 157 Å². The molecular formula is C20H22FN5O. The molecule has 1 aliphatic heterocycles. The standard InChI is InChI=1S/C20H22FN5O/c1-15-22-12-17(13-23-15)20-19(16-2-4-18(21)5-3-16)24-14-26(20)7-6-25-8-10-27-11-9-25/h2-5,12-14H,6-11H2,1H3. The van der Waals surface area contributed by atoms with Gasteiger partial charge in [-0.1, -0.05) is 0 Å². The van der Waals surface area contributed by atoms with Gasteiger partial charge in [0, 0.05) is 49.7 Å². The Kier molecular flexibility index (Phi) is 5.22. The van der Waals surface area contributed by atoms with Crippen molar-refractivity contribution < 1.29 is 9.13 Å². The van der Waals surface area contributed by atoms with Crippen LogP contribution in [0.25, 0.3) is 22.5 Å². The third kappa shape index (κ3) is 4.04. The van der Waals surface area contributed by atoms with Crippen LogP contribution in [0.4, 0.5) is 4.39 Å². The molecule has 6 nitrogen and oxygen atoms in total. The molecule has 1 aliphatic rings. The molecule has 0 saturated carbocycles. The summed E-state index contributed by atoms with van der Waals surface area (Å²) in [4.78, 5) is 15.7. The molecule has 4 rings (SSSR count). The van der Waals surface area contributed by atoms with Gasteiger partial charge in [-0.05, 0) is 31.2 Å². The van der Waals surface area contributed by atoms with E-state index < -0.39 is 0 Å². The van der Waals surface area contributed by atoms with Crippen LogP contribution < -0.4 is 0 Å². The lowest BCUT2D eigenvalue weighted by molar-refractivity contribution is 0.0364. The lowest BCUT2D eigenvalue weighted by atomic mass is 10.1. The van der Waals surface area contributed by atoms with Crippen molar-refractivity contribution >= 4 is 0 Å². The van der Waals surface area contributed by atoms with Gasteiger partial charge in [0.15, 0.2) is 0 Å². The van der Waals surface area contributed by atoms with Crippen molar-refractivity contribution in [3.8, 4) is 22.5 Å². The number of aromatic nitrogens is 4. The quantitative estimate of drug-likeness (QED) is 0.694. The molecule has 0 amide bonds. The van der Waals surface area contributed by atoms with Crippen LogP contribution in [-0.2, 0) is 11.3 Å². The summed E-state index contributed by atoms with van der Waals surface area (Å²) in [5.74, 6) is 0.465. The lowest BCUT2D eigenvalue weighted by Crippen LogP contribution is -2.38. The van der Waals surface area contributed by atoms with E-state index in [1.54, 1.807) is 12.1 Å². The highest BCUT2D eigenvalue weighted by Gasteiger charge is 2.17. The molecule has 1 fully saturated rings. The molecule has 0 bridgehead atoms. The van der Waals surface area contributed by atoms with Gasteiger partial charge in [0.25, 0.3) is 0 Å². The summed E-state index contributed by atoms with van der Waals surface area (Å²) in [6.07, 6.45) is 5.48. The second kappa shape index (κ2) is 7.94. The van der Waals surface area contributed by atoms with Gasteiger partial charge in [-0.3, -0.25) is 4.90 Å². The van der Waals surface area contributed by atoms with E-state index in [9.17, 15) is 4.39 Å². The number of hydrogen-bond acceptors (Lipinski definition) is 5. The summed E-state index contributed by atoms with van der Waals surface area (Å²) in [5, 5.41) is 0. The van der Waals surface area contributed by atoms with Crippen molar-refractivity contribution in [1.29, 1.82) is 0 Å². The minimum Gasteiger partial charge on any atom is -0.379 e. The second-order valence-corrected chi connectivity index (χ2v) is 6.62. The molecule has 0 unspecified atom stereocenters. The molecule has 2 aromatic heterocycles. The maximum absolute atomic E-state index is 13.3. The Balaban J connectivity index is 1.67. The Morgan fingerprint density at radius 2 is 1.67 bits per heavy atom. The molecule has 0 spiro atoms. The number of nitrogens with zero attached hydrogens (tertiary/aromatic N) is 5. The fraction of sp³-hybridized carbons (Fsp3) is 0.350. The molecule has 7 heteroatoms. The monoisotopic (exact) mass is 367 g/mol. The number of morpholine rings is 1. The molecule has 0 radical (unpaired) electrons. The minimum atomic E-state index is -0.259. The van der Waals surface area contributed by atoms with Gasteiger partial charge in [-0.15, -0.1) is 0 Å². The zero-order valence-electron chi connectivity index (χ0n) is 15.3. The summed E-state index contributed by atoms with van der Waals surface area (Å²) in [6.45, 7) is 7.04. The van der Waals surface area contributed by atoms with Crippen molar-refractivity contribution in [2.75, 3.05) is 32.8 Å². The number of benzene rings is 1. The first-order chi connectivity index (χ1) is 13.2. The zero-order chi connectivity index (χ0) is 18.6. The van der Waals surface area contributed by atoms with E-state index in [1.165, 1.54) is 12.1 Å². The van der Waals surface area contributed by atoms with Crippen molar-refractivity contribution in [2.24, 2.45) is 0 Å². The van der Waals surface area contributed by atoms with E-state index in [4.69, 9.17) is 4.74 Å². The summed E-state index contributed by atoms with van der Waals surface area (Å²) in [5.41, 5.74) is 3.54. The predicted molar refractivity (Wildman–Crippen MR) is 101 cm³/mol. The average molecular weight is 367 g/mol. The van der Waals surface area contributed by atoms with E-state index in [-0.39, 0.29) is 5.82 Å². The van der Waals surface area contributed by atoms with Gasteiger partial charge in [0.2, 0.25) is 0 Å². The minimum absolute atomic E-state index is 0.259. The third-order valence-corrected chi connectivity index (χ3v) is 4.77. The van der Waals surface area contributed by atoms with Crippen LogP contribution in [0.5, 0.6) is 0 Å². The molecule has 0 aliphatic carbocycles. The Bertz CT molecular complexity index is 886. The van der Waals surface area contributed by atoms with Gasteiger partial charge < -0.3 is 9.30 Å². The number of ether oxygens (including phenoxy) is 1. The molecule has 0 N–H and O–H groups in total.